The molecule has 94 valence electrons. The number of aryl methyl sites for hydroxylation is 1. The van der Waals surface area contributed by atoms with Gasteiger partial charge in [-0.2, -0.15) is 0 Å². The smallest absolute Gasteiger partial charge is 0.197 e. The zero-order valence-electron chi connectivity index (χ0n) is 10.5. The monoisotopic (exact) mass is 262 g/mol. The van der Waals surface area contributed by atoms with E-state index in [1.165, 1.54) is 0 Å². The highest BCUT2D eigenvalue weighted by Crippen LogP contribution is 2.34. The van der Waals surface area contributed by atoms with E-state index in [9.17, 15) is 0 Å². The molecule has 0 radical (unpaired) electrons. The lowest BCUT2D eigenvalue weighted by Crippen LogP contribution is -1.95. The lowest BCUT2D eigenvalue weighted by atomic mass is 10.0. The molecule has 1 aromatic heterocycles. The van der Waals surface area contributed by atoms with Crippen molar-refractivity contribution >= 4 is 12.2 Å². The third-order valence-electron chi connectivity index (χ3n) is 2.70. The second-order valence-corrected chi connectivity index (χ2v) is 4.20. The number of nitrogens with zero attached hydrogens (tertiary/aromatic N) is 1. The van der Waals surface area contributed by atoms with E-state index in [4.69, 9.17) is 21.7 Å². The topological polar surface area (TPSA) is 47.1 Å². The average molecular weight is 262 g/mol. The fourth-order valence-corrected chi connectivity index (χ4v) is 1.97. The normalized spacial score (nSPS) is 10.2. The van der Waals surface area contributed by atoms with Crippen molar-refractivity contribution in [3.05, 3.63) is 34.7 Å². The molecule has 0 aliphatic carbocycles. The highest BCUT2D eigenvalue weighted by molar-refractivity contribution is 7.71. The van der Waals surface area contributed by atoms with Gasteiger partial charge in [-0.25, -0.2) is 4.98 Å². The number of aromatic nitrogens is 2. The minimum atomic E-state index is 0.460. The second kappa shape index (κ2) is 5.18. The van der Waals surface area contributed by atoms with E-state index in [-0.39, 0.29) is 0 Å². The van der Waals surface area contributed by atoms with Gasteiger partial charge in [-0.05, 0) is 42.9 Å². The summed E-state index contributed by atoms with van der Waals surface area (Å²) in [7, 11) is 3.24. The fourth-order valence-electron chi connectivity index (χ4n) is 1.80. The van der Waals surface area contributed by atoms with E-state index in [0.29, 0.717) is 16.3 Å². The highest BCUT2D eigenvalue weighted by Gasteiger charge is 2.10. The van der Waals surface area contributed by atoms with E-state index in [2.05, 4.69) is 9.97 Å². The van der Waals surface area contributed by atoms with Crippen molar-refractivity contribution in [1.82, 2.24) is 9.97 Å². The van der Waals surface area contributed by atoms with Gasteiger partial charge in [0.05, 0.1) is 14.2 Å². The average Bonchev–Trinajstić information content (AvgIpc) is 2.38. The minimum Gasteiger partial charge on any atom is -0.493 e. The van der Waals surface area contributed by atoms with Crippen LogP contribution in [-0.4, -0.2) is 24.2 Å². The van der Waals surface area contributed by atoms with Crippen LogP contribution in [0, 0.1) is 11.7 Å². The maximum atomic E-state index is 5.30. The zero-order valence-corrected chi connectivity index (χ0v) is 11.3. The van der Waals surface area contributed by atoms with Gasteiger partial charge in [-0.15, -0.1) is 0 Å². The molecule has 0 bridgehead atoms. The van der Waals surface area contributed by atoms with Gasteiger partial charge in [0, 0.05) is 17.5 Å². The first-order valence-corrected chi connectivity index (χ1v) is 5.85. The summed E-state index contributed by atoms with van der Waals surface area (Å²) in [5.74, 6) is 1.40. The summed E-state index contributed by atoms with van der Waals surface area (Å²) in [4.78, 5) is 7.04. The van der Waals surface area contributed by atoms with Gasteiger partial charge in [-0.1, -0.05) is 0 Å². The van der Waals surface area contributed by atoms with Gasteiger partial charge in [0.25, 0.3) is 0 Å². The van der Waals surface area contributed by atoms with Crippen LogP contribution in [-0.2, 0) is 0 Å². The third-order valence-corrected chi connectivity index (χ3v) is 2.90. The molecule has 1 aromatic carbocycles. The molecule has 0 saturated heterocycles. The Labute approximate surface area is 111 Å². The molecule has 0 fully saturated rings. The molecule has 2 aromatic rings. The largest absolute Gasteiger partial charge is 0.493 e. The molecule has 18 heavy (non-hydrogen) atoms. The van der Waals surface area contributed by atoms with E-state index in [1.807, 2.05) is 25.1 Å². The van der Waals surface area contributed by atoms with Crippen molar-refractivity contribution in [1.29, 1.82) is 0 Å². The Morgan fingerprint density at radius 3 is 2.44 bits per heavy atom. The fraction of sp³-hybridized carbons (Fsp3) is 0.231. The molecule has 4 nitrogen and oxygen atoms in total. The molecule has 0 spiro atoms. The van der Waals surface area contributed by atoms with Crippen LogP contribution >= 0.6 is 12.2 Å². The predicted molar refractivity (Wildman–Crippen MR) is 72.7 cm³/mol. The van der Waals surface area contributed by atoms with Gasteiger partial charge in [0.2, 0.25) is 0 Å². The summed E-state index contributed by atoms with van der Waals surface area (Å²) >= 11 is 5.03. The van der Waals surface area contributed by atoms with Crippen LogP contribution in [0.4, 0.5) is 0 Å². The summed E-state index contributed by atoms with van der Waals surface area (Å²) in [6.07, 6.45) is 1.68. The van der Waals surface area contributed by atoms with Crippen molar-refractivity contribution in [2.45, 2.75) is 6.92 Å². The molecular formula is C13H14N2O2S. The number of aromatic amines is 1. The Hall–Kier alpha value is -1.88. The summed E-state index contributed by atoms with van der Waals surface area (Å²) < 4.78 is 11.0. The van der Waals surface area contributed by atoms with E-state index in [1.54, 1.807) is 20.4 Å². The number of H-pyrrole nitrogens is 1. The Morgan fingerprint density at radius 1 is 1.17 bits per heavy atom. The zero-order chi connectivity index (χ0) is 13.1. The molecule has 0 aliphatic heterocycles. The highest BCUT2D eigenvalue weighted by atomic mass is 32.1. The molecule has 1 heterocycles. The van der Waals surface area contributed by atoms with Gasteiger partial charge >= 0.3 is 0 Å². The SMILES string of the molecule is COc1cc(C)c(-c2ccnc(=S)[nH]2)cc1OC. The number of ether oxygens (including phenoxy) is 2. The van der Waals surface area contributed by atoms with Crippen LogP contribution in [0.5, 0.6) is 11.5 Å². The number of methoxy groups -OCH3 is 2. The van der Waals surface area contributed by atoms with Gasteiger partial charge in [0.15, 0.2) is 16.3 Å². The van der Waals surface area contributed by atoms with Crippen LogP contribution in [0.3, 0.4) is 0 Å². The van der Waals surface area contributed by atoms with Crippen LogP contribution in [0.15, 0.2) is 24.4 Å². The standard InChI is InChI=1S/C13H14N2O2S/c1-8-6-11(16-2)12(17-3)7-9(8)10-4-5-14-13(18)15-10/h4-7H,1-3H3,(H,14,15,18). The Balaban J connectivity index is 2.61. The summed E-state index contributed by atoms with van der Waals surface area (Å²) in [5.41, 5.74) is 3.00. The molecule has 1 N–H and O–H groups in total. The number of hydrogen-bond acceptors (Lipinski definition) is 4. The third kappa shape index (κ3) is 2.36. The van der Waals surface area contributed by atoms with Gasteiger partial charge < -0.3 is 14.5 Å². The van der Waals surface area contributed by atoms with Crippen molar-refractivity contribution < 1.29 is 9.47 Å². The van der Waals surface area contributed by atoms with Crippen LogP contribution in [0.25, 0.3) is 11.3 Å². The van der Waals surface area contributed by atoms with Crippen LogP contribution < -0.4 is 9.47 Å². The molecule has 0 unspecified atom stereocenters. The maximum absolute atomic E-state index is 5.30. The molecular weight excluding hydrogens is 248 g/mol. The molecule has 0 atom stereocenters. The number of rotatable bonds is 3. The van der Waals surface area contributed by atoms with Crippen molar-refractivity contribution in [2.24, 2.45) is 0 Å². The van der Waals surface area contributed by atoms with Crippen LogP contribution in [0.1, 0.15) is 5.56 Å². The number of benzene rings is 1. The first-order chi connectivity index (χ1) is 8.65. The van der Waals surface area contributed by atoms with Crippen molar-refractivity contribution in [2.75, 3.05) is 14.2 Å². The first kappa shape index (κ1) is 12.6. The quantitative estimate of drug-likeness (QED) is 0.863. The molecule has 5 heteroatoms. The predicted octanol–water partition coefficient (Wildman–Crippen LogP) is 3.13. The van der Waals surface area contributed by atoms with Crippen molar-refractivity contribution in [3.63, 3.8) is 0 Å². The van der Waals surface area contributed by atoms with Crippen LogP contribution in [0.2, 0.25) is 0 Å². The van der Waals surface area contributed by atoms with Crippen molar-refractivity contribution in [3.8, 4) is 22.8 Å². The van der Waals surface area contributed by atoms with Gasteiger partial charge in [-0.3, -0.25) is 0 Å². The Kier molecular flexibility index (Phi) is 3.62. The van der Waals surface area contributed by atoms with E-state index in [0.717, 1.165) is 16.8 Å². The molecule has 0 saturated carbocycles. The Morgan fingerprint density at radius 2 is 1.83 bits per heavy atom. The molecule has 0 amide bonds. The molecule has 0 aliphatic rings. The first-order valence-electron chi connectivity index (χ1n) is 5.44. The van der Waals surface area contributed by atoms with E-state index < -0.39 is 0 Å². The lowest BCUT2D eigenvalue weighted by Gasteiger charge is -2.12. The second-order valence-electron chi connectivity index (χ2n) is 3.81. The van der Waals surface area contributed by atoms with E-state index >= 15 is 0 Å². The Bertz CT molecular complexity index is 623. The molecule has 2 rings (SSSR count). The minimum absolute atomic E-state index is 0.460. The number of nitrogens with one attached hydrogen (secondary N) is 1. The number of hydrogen-bond donors (Lipinski definition) is 1. The maximum Gasteiger partial charge on any atom is 0.197 e. The summed E-state index contributed by atoms with van der Waals surface area (Å²) in [5, 5.41) is 0. The summed E-state index contributed by atoms with van der Waals surface area (Å²) in [6, 6.07) is 5.74. The van der Waals surface area contributed by atoms with Gasteiger partial charge in [0.1, 0.15) is 0 Å². The lowest BCUT2D eigenvalue weighted by molar-refractivity contribution is 0.355. The summed E-state index contributed by atoms with van der Waals surface area (Å²) in [6.45, 7) is 2.01.